The molecule has 5 heteroatoms. The summed E-state index contributed by atoms with van der Waals surface area (Å²) >= 11 is 0. The first-order valence-electron chi connectivity index (χ1n) is 8.75. The summed E-state index contributed by atoms with van der Waals surface area (Å²) in [4.78, 5) is 14.9. The van der Waals surface area contributed by atoms with Crippen LogP contribution in [0.5, 0.6) is 0 Å². The third kappa shape index (κ3) is 3.51. The van der Waals surface area contributed by atoms with E-state index in [1.165, 1.54) is 5.57 Å². The van der Waals surface area contributed by atoms with E-state index in [-0.39, 0.29) is 11.9 Å². The number of amides is 1. The molecule has 1 atom stereocenters. The normalized spacial score (nSPS) is 18.1. The van der Waals surface area contributed by atoms with E-state index in [2.05, 4.69) is 30.1 Å². The van der Waals surface area contributed by atoms with E-state index in [1.807, 2.05) is 48.9 Å². The largest absolute Gasteiger partial charge is 0.353 e. The summed E-state index contributed by atoms with van der Waals surface area (Å²) in [7, 11) is 0. The number of carbonyl (C=O) groups excluding carboxylic acids is 1. The van der Waals surface area contributed by atoms with Gasteiger partial charge in [0.05, 0.1) is 11.4 Å². The highest BCUT2D eigenvalue weighted by atomic mass is 16.2. The molecule has 25 heavy (non-hydrogen) atoms. The van der Waals surface area contributed by atoms with Gasteiger partial charge in [-0.25, -0.2) is 4.68 Å². The molecule has 1 aromatic carbocycles. The van der Waals surface area contributed by atoms with E-state index in [4.69, 9.17) is 5.10 Å². The van der Waals surface area contributed by atoms with Crippen LogP contribution in [0.15, 0.2) is 42.0 Å². The van der Waals surface area contributed by atoms with Crippen molar-refractivity contribution in [2.75, 3.05) is 19.6 Å². The number of hydrogen-bond donors (Lipinski definition) is 1. The summed E-state index contributed by atoms with van der Waals surface area (Å²) in [5, 5.41) is 7.73. The van der Waals surface area contributed by atoms with Crippen molar-refractivity contribution < 1.29 is 4.79 Å². The van der Waals surface area contributed by atoms with Gasteiger partial charge in [0, 0.05) is 30.9 Å². The molecule has 1 amide bonds. The van der Waals surface area contributed by atoms with E-state index in [9.17, 15) is 4.79 Å². The van der Waals surface area contributed by atoms with E-state index in [1.54, 1.807) is 0 Å². The van der Waals surface area contributed by atoms with Crippen molar-refractivity contribution in [2.45, 2.75) is 33.7 Å². The van der Waals surface area contributed by atoms with Gasteiger partial charge in [0.15, 0.2) is 0 Å². The van der Waals surface area contributed by atoms with Crippen LogP contribution in [0.1, 0.15) is 36.8 Å². The molecule has 1 saturated heterocycles. The molecular weight excluding hydrogens is 312 g/mol. The molecule has 1 N–H and O–H groups in total. The van der Waals surface area contributed by atoms with Gasteiger partial charge >= 0.3 is 0 Å². The molecule has 2 aromatic rings. The number of rotatable bonds is 4. The number of hydrogen-bond acceptors (Lipinski definition) is 3. The second kappa shape index (κ2) is 7.23. The minimum atomic E-state index is -0.290. The fourth-order valence-electron chi connectivity index (χ4n) is 3.40. The quantitative estimate of drug-likeness (QED) is 0.872. The number of nitrogens with one attached hydrogen (secondary N) is 1. The third-order valence-electron chi connectivity index (χ3n) is 4.67. The monoisotopic (exact) mass is 338 g/mol. The maximum atomic E-state index is 12.7. The molecule has 1 aromatic heterocycles. The Morgan fingerprint density at radius 3 is 2.68 bits per heavy atom. The lowest BCUT2D eigenvalue weighted by atomic mass is 10.00. The summed E-state index contributed by atoms with van der Waals surface area (Å²) < 4.78 is 1.94. The Morgan fingerprint density at radius 1 is 1.28 bits per heavy atom. The minimum absolute atomic E-state index is 0.0622. The Hall–Kier alpha value is -2.40. The van der Waals surface area contributed by atoms with Crippen LogP contribution in [-0.2, 0) is 4.79 Å². The maximum absolute atomic E-state index is 12.7. The van der Waals surface area contributed by atoms with Crippen molar-refractivity contribution in [3.8, 4) is 5.69 Å². The highest BCUT2D eigenvalue weighted by Gasteiger charge is 2.34. The molecule has 0 radical (unpaired) electrons. The average Bonchev–Trinajstić information content (AvgIpc) is 2.88. The van der Waals surface area contributed by atoms with Crippen LogP contribution in [0, 0.1) is 13.8 Å². The fraction of sp³-hybridized carbons (Fsp3) is 0.400. The van der Waals surface area contributed by atoms with Gasteiger partial charge in [-0.1, -0.05) is 29.8 Å². The number of carbonyl (C=O) groups is 1. The Balaban J connectivity index is 2.02. The van der Waals surface area contributed by atoms with E-state index < -0.39 is 0 Å². The van der Waals surface area contributed by atoms with Crippen molar-refractivity contribution in [3.63, 3.8) is 0 Å². The van der Waals surface area contributed by atoms with E-state index in [0.29, 0.717) is 6.54 Å². The number of para-hydroxylation sites is 1. The van der Waals surface area contributed by atoms with Gasteiger partial charge in [-0.05, 0) is 39.8 Å². The van der Waals surface area contributed by atoms with Crippen molar-refractivity contribution in [2.24, 2.45) is 0 Å². The van der Waals surface area contributed by atoms with Gasteiger partial charge in [-0.3, -0.25) is 9.69 Å². The molecule has 5 nitrogen and oxygen atoms in total. The zero-order valence-electron chi connectivity index (χ0n) is 15.4. The number of allylic oxidation sites excluding steroid dienone is 1. The Bertz CT molecular complexity index is 788. The van der Waals surface area contributed by atoms with Crippen LogP contribution in [0.2, 0.25) is 0 Å². The zero-order chi connectivity index (χ0) is 18.0. The molecule has 1 unspecified atom stereocenters. The van der Waals surface area contributed by atoms with Crippen LogP contribution in [0.25, 0.3) is 5.69 Å². The van der Waals surface area contributed by atoms with Crippen LogP contribution < -0.4 is 5.32 Å². The summed E-state index contributed by atoms with van der Waals surface area (Å²) in [6.07, 6.45) is 2.18. The van der Waals surface area contributed by atoms with E-state index in [0.717, 1.165) is 35.7 Å². The van der Waals surface area contributed by atoms with Crippen molar-refractivity contribution in [3.05, 3.63) is 58.9 Å². The van der Waals surface area contributed by atoms with Crippen molar-refractivity contribution in [1.82, 2.24) is 20.0 Å². The second-order valence-corrected chi connectivity index (χ2v) is 6.80. The Kier molecular flexibility index (Phi) is 5.04. The predicted octanol–water partition coefficient (Wildman–Crippen LogP) is 2.93. The fourth-order valence-corrected chi connectivity index (χ4v) is 3.40. The van der Waals surface area contributed by atoms with Gasteiger partial charge < -0.3 is 5.32 Å². The van der Waals surface area contributed by atoms with Crippen molar-refractivity contribution in [1.29, 1.82) is 0 Å². The number of nitrogens with zero attached hydrogens (tertiary/aromatic N) is 3. The molecule has 0 saturated carbocycles. The zero-order valence-corrected chi connectivity index (χ0v) is 15.4. The van der Waals surface area contributed by atoms with Gasteiger partial charge in [-0.15, -0.1) is 0 Å². The average molecular weight is 338 g/mol. The topological polar surface area (TPSA) is 50.2 Å². The molecule has 1 aliphatic rings. The maximum Gasteiger partial charge on any atom is 0.242 e. The lowest BCUT2D eigenvalue weighted by Crippen LogP contribution is -2.50. The van der Waals surface area contributed by atoms with Crippen LogP contribution in [0.4, 0.5) is 0 Å². The Morgan fingerprint density at radius 2 is 2.00 bits per heavy atom. The van der Waals surface area contributed by atoms with E-state index >= 15 is 0 Å². The van der Waals surface area contributed by atoms with Gasteiger partial charge in [0.1, 0.15) is 6.04 Å². The first kappa shape index (κ1) is 17.4. The summed E-state index contributed by atoms with van der Waals surface area (Å²) in [5.41, 5.74) is 5.22. The van der Waals surface area contributed by atoms with Gasteiger partial charge in [-0.2, -0.15) is 5.10 Å². The summed E-state index contributed by atoms with van der Waals surface area (Å²) in [6, 6.07) is 9.77. The lowest BCUT2D eigenvalue weighted by Gasteiger charge is -2.34. The summed E-state index contributed by atoms with van der Waals surface area (Å²) in [6.45, 7) is 10.5. The first-order valence-corrected chi connectivity index (χ1v) is 8.75. The number of piperazine rings is 1. The molecular formula is C20H26N4O. The molecule has 2 heterocycles. The predicted molar refractivity (Wildman–Crippen MR) is 99.8 cm³/mol. The molecule has 1 aliphatic heterocycles. The molecule has 3 rings (SSSR count). The van der Waals surface area contributed by atoms with Gasteiger partial charge in [0.2, 0.25) is 5.91 Å². The number of aromatic nitrogens is 2. The van der Waals surface area contributed by atoms with Crippen LogP contribution >= 0.6 is 0 Å². The minimum Gasteiger partial charge on any atom is -0.353 e. The molecule has 0 bridgehead atoms. The first-order chi connectivity index (χ1) is 12.0. The van der Waals surface area contributed by atoms with Crippen molar-refractivity contribution >= 4 is 5.91 Å². The molecule has 1 fully saturated rings. The number of aryl methyl sites for hydroxylation is 1. The van der Waals surface area contributed by atoms with Crippen LogP contribution in [-0.4, -0.2) is 40.2 Å². The Labute approximate surface area is 149 Å². The van der Waals surface area contributed by atoms with Crippen LogP contribution in [0.3, 0.4) is 0 Å². The molecule has 0 spiro atoms. The molecule has 0 aliphatic carbocycles. The SMILES string of the molecule is CC(C)=CCN1CCNC(=O)C1c1c(C)nn(-c2ccccc2)c1C. The highest BCUT2D eigenvalue weighted by Crippen LogP contribution is 2.30. The second-order valence-electron chi connectivity index (χ2n) is 6.80. The standard InChI is InChI=1S/C20H26N4O/c1-14(2)10-12-23-13-11-21-20(25)19(23)18-15(3)22-24(16(18)4)17-8-6-5-7-9-17/h5-10,19H,11-13H2,1-4H3,(H,21,25). The smallest absolute Gasteiger partial charge is 0.242 e. The summed E-state index contributed by atoms with van der Waals surface area (Å²) in [5.74, 6) is 0.0622. The van der Waals surface area contributed by atoms with Gasteiger partial charge in [0.25, 0.3) is 0 Å². The lowest BCUT2D eigenvalue weighted by molar-refractivity contribution is -0.129. The molecule has 132 valence electrons. The number of benzene rings is 1. The highest BCUT2D eigenvalue weighted by molar-refractivity contribution is 5.84. The third-order valence-corrected chi connectivity index (χ3v) is 4.67.